The lowest BCUT2D eigenvalue weighted by Gasteiger charge is -2.24. The van der Waals surface area contributed by atoms with Gasteiger partial charge in [-0.25, -0.2) is 9.78 Å². The molecule has 1 aromatic heterocycles. The molecule has 2 heterocycles. The fourth-order valence-corrected chi connectivity index (χ4v) is 2.16. The van der Waals surface area contributed by atoms with Crippen molar-refractivity contribution >= 4 is 17.6 Å². The lowest BCUT2D eigenvalue weighted by molar-refractivity contribution is -0.385. The van der Waals surface area contributed by atoms with Crippen LogP contribution in [-0.4, -0.2) is 45.6 Å². The van der Waals surface area contributed by atoms with Gasteiger partial charge in [-0.2, -0.15) is 0 Å². The Bertz CT molecular complexity index is 553. The predicted molar refractivity (Wildman–Crippen MR) is 80.7 cm³/mol. The molecule has 120 valence electrons. The van der Waals surface area contributed by atoms with Gasteiger partial charge >= 0.3 is 6.09 Å². The van der Waals surface area contributed by atoms with Crippen molar-refractivity contribution in [3.63, 3.8) is 0 Å². The van der Waals surface area contributed by atoms with E-state index in [9.17, 15) is 14.9 Å². The zero-order chi connectivity index (χ0) is 16.3. The first-order valence-electron chi connectivity index (χ1n) is 7.09. The van der Waals surface area contributed by atoms with Crippen LogP contribution in [0, 0.1) is 10.1 Å². The minimum atomic E-state index is -0.511. The van der Waals surface area contributed by atoms with E-state index in [1.807, 2.05) is 20.8 Å². The van der Waals surface area contributed by atoms with E-state index in [1.54, 1.807) is 11.0 Å². The second-order valence-corrected chi connectivity index (χ2v) is 6.22. The van der Waals surface area contributed by atoms with Gasteiger partial charge in [0, 0.05) is 25.2 Å². The summed E-state index contributed by atoms with van der Waals surface area (Å²) in [5.41, 5.74) is -0.560. The van der Waals surface area contributed by atoms with E-state index in [1.165, 1.54) is 12.3 Å². The molecule has 0 aliphatic carbocycles. The summed E-state index contributed by atoms with van der Waals surface area (Å²) < 4.78 is 5.33. The van der Waals surface area contributed by atoms with Gasteiger partial charge in [-0.15, -0.1) is 0 Å². The monoisotopic (exact) mass is 308 g/mol. The van der Waals surface area contributed by atoms with Gasteiger partial charge in [0.2, 0.25) is 0 Å². The molecule has 0 saturated carbocycles. The third-order valence-electron chi connectivity index (χ3n) is 3.15. The maximum atomic E-state index is 12.0. The van der Waals surface area contributed by atoms with Crippen LogP contribution in [0.25, 0.3) is 0 Å². The topological polar surface area (TPSA) is 97.6 Å². The van der Waals surface area contributed by atoms with E-state index in [0.717, 1.165) is 6.42 Å². The number of likely N-dealkylation sites (tertiary alicyclic amines) is 1. The van der Waals surface area contributed by atoms with E-state index in [0.29, 0.717) is 18.9 Å². The van der Waals surface area contributed by atoms with Crippen LogP contribution >= 0.6 is 0 Å². The molecule has 0 spiro atoms. The first kappa shape index (κ1) is 16.0. The molecular weight excluding hydrogens is 288 g/mol. The summed E-state index contributed by atoms with van der Waals surface area (Å²) in [7, 11) is 0. The second-order valence-electron chi connectivity index (χ2n) is 6.22. The smallest absolute Gasteiger partial charge is 0.410 e. The largest absolute Gasteiger partial charge is 0.444 e. The average molecular weight is 308 g/mol. The summed E-state index contributed by atoms with van der Waals surface area (Å²) >= 11 is 0. The van der Waals surface area contributed by atoms with E-state index in [4.69, 9.17) is 4.74 Å². The van der Waals surface area contributed by atoms with Gasteiger partial charge in [0.25, 0.3) is 5.69 Å². The van der Waals surface area contributed by atoms with Crippen molar-refractivity contribution in [2.75, 3.05) is 18.4 Å². The summed E-state index contributed by atoms with van der Waals surface area (Å²) in [6.45, 7) is 6.62. The number of hydrogen-bond donors (Lipinski definition) is 1. The molecule has 2 rings (SSSR count). The first-order valence-corrected chi connectivity index (χ1v) is 7.09. The molecule has 1 amide bonds. The summed E-state index contributed by atoms with van der Waals surface area (Å²) in [6, 6.07) is 3.02. The Kier molecular flexibility index (Phi) is 4.48. The number of carbonyl (C=O) groups excluding carboxylic acids is 1. The van der Waals surface area contributed by atoms with Crippen LogP contribution in [0.2, 0.25) is 0 Å². The third kappa shape index (κ3) is 4.31. The van der Waals surface area contributed by atoms with Crippen LogP contribution in [0.5, 0.6) is 0 Å². The van der Waals surface area contributed by atoms with Gasteiger partial charge in [-0.05, 0) is 33.3 Å². The standard InChI is InChI=1S/C14H20N4O4/c1-14(2,3)22-13(19)17-7-6-10(9-17)16-12-5-4-11(8-15-12)18(20)21/h4-5,8,10H,6-7,9H2,1-3H3,(H,15,16)/t10-/m1/s1. The molecule has 0 radical (unpaired) electrons. The van der Waals surface area contributed by atoms with Crippen molar-refractivity contribution in [2.45, 2.75) is 38.8 Å². The number of nitro groups is 1. The summed E-state index contributed by atoms with van der Waals surface area (Å²) in [6.07, 6.45) is 1.66. The van der Waals surface area contributed by atoms with Crippen LogP contribution < -0.4 is 5.32 Å². The molecule has 0 unspecified atom stereocenters. The van der Waals surface area contributed by atoms with E-state index < -0.39 is 10.5 Å². The minimum absolute atomic E-state index is 0.0487. The lowest BCUT2D eigenvalue weighted by atomic mass is 10.2. The number of anilines is 1. The number of hydrogen-bond acceptors (Lipinski definition) is 6. The number of nitrogens with one attached hydrogen (secondary N) is 1. The highest BCUT2D eigenvalue weighted by Crippen LogP contribution is 2.19. The Morgan fingerprint density at radius 3 is 2.77 bits per heavy atom. The average Bonchev–Trinajstić information content (AvgIpc) is 2.86. The number of pyridine rings is 1. The highest BCUT2D eigenvalue weighted by Gasteiger charge is 2.29. The SMILES string of the molecule is CC(C)(C)OC(=O)N1CC[C@@H](Nc2ccc([N+](=O)[O-])cn2)C1. The van der Waals surface area contributed by atoms with Crippen molar-refractivity contribution in [1.29, 1.82) is 0 Å². The van der Waals surface area contributed by atoms with Crippen LogP contribution in [-0.2, 0) is 4.74 Å². The summed E-state index contributed by atoms with van der Waals surface area (Å²) in [4.78, 5) is 27.7. The summed E-state index contributed by atoms with van der Waals surface area (Å²) in [5, 5.41) is 13.7. The van der Waals surface area contributed by atoms with Crippen LogP contribution in [0.15, 0.2) is 18.3 Å². The highest BCUT2D eigenvalue weighted by molar-refractivity contribution is 5.68. The van der Waals surface area contributed by atoms with E-state index >= 15 is 0 Å². The Morgan fingerprint density at radius 1 is 1.50 bits per heavy atom. The molecule has 8 nitrogen and oxygen atoms in total. The molecule has 1 aromatic rings. The van der Waals surface area contributed by atoms with Crippen molar-refractivity contribution in [1.82, 2.24) is 9.88 Å². The lowest BCUT2D eigenvalue weighted by Crippen LogP contribution is -2.36. The first-order chi connectivity index (χ1) is 10.2. The number of ether oxygens (including phenoxy) is 1. The van der Waals surface area contributed by atoms with Gasteiger partial charge in [0.1, 0.15) is 17.6 Å². The van der Waals surface area contributed by atoms with Crippen LogP contribution in [0.4, 0.5) is 16.3 Å². The fourth-order valence-electron chi connectivity index (χ4n) is 2.16. The Balaban J connectivity index is 1.88. The number of aromatic nitrogens is 1. The fraction of sp³-hybridized carbons (Fsp3) is 0.571. The minimum Gasteiger partial charge on any atom is -0.444 e. The maximum Gasteiger partial charge on any atom is 0.410 e. The van der Waals surface area contributed by atoms with Crippen LogP contribution in [0.3, 0.4) is 0 Å². The van der Waals surface area contributed by atoms with Gasteiger partial charge in [0.15, 0.2) is 0 Å². The molecule has 1 N–H and O–H groups in total. The van der Waals surface area contributed by atoms with Gasteiger partial charge in [0.05, 0.1) is 4.92 Å². The predicted octanol–water partition coefficient (Wildman–Crippen LogP) is 2.41. The zero-order valence-electron chi connectivity index (χ0n) is 12.9. The summed E-state index contributed by atoms with van der Waals surface area (Å²) in [5.74, 6) is 0.557. The molecule has 22 heavy (non-hydrogen) atoms. The molecular formula is C14H20N4O4. The molecule has 1 aliphatic heterocycles. The zero-order valence-corrected chi connectivity index (χ0v) is 12.9. The highest BCUT2D eigenvalue weighted by atomic mass is 16.6. The molecule has 8 heteroatoms. The van der Waals surface area contributed by atoms with E-state index in [-0.39, 0.29) is 17.8 Å². The molecule has 1 atom stereocenters. The normalized spacial score (nSPS) is 18.1. The second kappa shape index (κ2) is 6.17. The number of amides is 1. The molecule has 0 aromatic carbocycles. The number of carbonyl (C=O) groups is 1. The van der Waals surface area contributed by atoms with Gasteiger partial charge < -0.3 is 15.0 Å². The van der Waals surface area contributed by atoms with Crippen molar-refractivity contribution in [3.05, 3.63) is 28.4 Å². The van der Waals surface area contributed by atoms with Crippen molar-refractivity contribution in [3.8, 4) is 0 Å². The number of rotatable bonds is 3. The Labute approximate surface area is 128 Å². The van der Waals surface area contributed by atoms with Crippen molar-refractivity contribution in [2.24, 2.45) is 0 Å². The molecule has 0 bridgehead atoms. The van der Waals surface area contributed by atoms with Crippen LogP contribution in [0.1, 0.15) is 27.2 Å². The molecule has 1 aliphatic rings. The maximum absolute atomic E-state index is 12.0. The third-order valence-corrected chi connectivity index (χ3v) is 3.15. The quantitative estimate of drug-likeness (QED) is 0.680. The van der Waals surface area contributed by atoms with Crippen molar-refractivity contribution < 1.29 is 14.5 Å². The molecule has 1 fully saturated rings. The van der Waals surface area contributed by atoms with Gasteiger partial charge in [-0.3, -0.25) is 10.1 Å². The van der Waals surface area contributed by atoms with E-state index in [2.05, 4.69) is 10.3 Å². The number of nitrogens with zero attached hydrogens (tertiary/aromatic N) is 3. The Hall–Kier alpha value is -2.38. The van der Waals surface area contributed by atoms with Gasteiger partial charge in [-0.1, -0.05) is 0 Å². The Morgan fingerprint density at radius 2 is 2.23 bits per heavy atom. The molecule has 1 saturated heterocycles.